The summed E-state index contributed by atoms with van der Waals surface area (Å²) in [5, 5.41) is 60.0. The van der Waals surface area contributed by atoms with Crippen molar-refractivity contribution in [2.75, 3.05) is 65.4 Å². The number of aromatic amines is 3. The Morgan fingerprint density at radius 2 is 1.08 bits per heavy atom. The number of nitrogens with one attached hydrogen (secondary N) is 15. The molecule has 3 aromatic carbocycles. The van der Waals surface area contributed by atoms with Crippen LogP contribution in [0.3, 0.4) is 0 Å². The Hall–Kier alpha value is -13.8. The van der Waals surface area contributed by atoms with Crippen molar-refractivity contribution in [1.29, 1.82) is 5.41 Å². The van der Waals surface area contributed by atoms with Crippen molar-refractivity contribution in [3.8, 4) is 0 Å². The first kappa shape index (κ1) is 108. The lowest BCUT2D eigenvalue weighted by Gasteiger charge is -2.36. The number of nitrogens with zero attached hydrogens (tertiary/aromatic N) is 6. The summed E-state index contributed by atoms with van der Waals surface area (Å²) in [6, 6.07) is -2.03. The number of carboxylic acid groups (broad SMARTS) is 1. The van der Waals surface area contributed by atoms with Crippen molar-refractivity contribution in [1.82, 2.24) is 103 Å². The Balaban J connectivity index is 1.11. The Bertz CT molecular complexity index is 5350. The number of rotatable bonds is 28. The number of H-pyrrole nitrogens is 3. The van der Waals surface area contributed by atoms with Gasteiger partial charge in [0.15, 0.2) is 5.96 Å². The van der Waals surface area contributed by atoms with Crippen molar-refractivity contribution < 1.29 is 96.5 Å². The molecule has 0 aliphatic carbocycles. The molecule has 748 valence electrons. The van der Waals surface area contributed by atoms with E-state index < -0.39 is 260 Å². The number of hydrogen-bond donors (Lipinski definition) is 21. The number of carboxylic acids is 1. The first-order chi connectivity index (χ1) is 65.8. The van der Waals surface area contributed by atoms with Gasteiger partial charge < -0.3 is 131 Å². The zero-order valence-corrected chi connectivity index (χ0v) is 79.4. The van der Waals surface area contributed by atoms with Crippen LogP contribution in [-0.4, -0.2) is 323 Å². The number of carbonyl (C=O) groups is 18. The predicted octanol–water partition coefficient (Wildman–Crippen LogP) is -2.81. The molecule has 3 fully saturated rings. The molecule has 6 heterocycles. The molecule has 0 radical (unpaired) electrons. The maximum Gasteiger partial charge on any atom is 0.303 e. The van der Waals surface area contributed by atoms with Crippen LogP contribution in [-0.2, 0) is 112 Å². The van der Waals surface area contributed by atoms with E-state index in [1.54, 1.807) is 73.1 Å². The number of guanidine groups is 1. The fourth-order valence-electron chi connectivity index (χ4n) is 16.9. The minimum Gasteiger partial charge on any atom is -0.481 e. The molecule has 3 aliphatic heterocycles. The van der Waals surface area contributed by atoms with Crippen LogP contribution in [0.1, 0.15) is 139 Å². The number of primary amides is 2. The molecule has 138 heavy (non-hydrogen) atoms. The normalized spacial score (nSPS) is 24.4. The van der Waals surface area contributed by atoms with E-state index in [2.05, 4.69) is 78.4 Å². The summed E-state index contributed by atoms with van der Waals surface area (Å²) in [4.78, 5) is 282. The Labute approximate surface area is 805 Å². The smallest absolute Gasteiger partial charge is 0.303 e. The lowest BCUT2D eigenvalue weighted by Crippen LogP contribution is -2.61. The van der Waals surface area contributed by atoms with Gasteiger partial charge in [0.2, 0.25) is 100 Å². The summed E-state index contributed by atoms with van der Waals surface area (Å²) in [6.07, 6.45) is 1.56. The van der Waals surface area contributed by atoms with Gasteiger partial charge >= 0.3 is 5.97 Å². The molecule has 25 N–H and O–H groups in total. The maximum atomic E-state index is 15.9. The second kappa shape index (κ2) is 52.0. The highest BCUT2D eigenvalue weighted by atomic mass is 35.5. The molecule has 3 aliphatic rings. The number of nitrogens with two attached hydrogens (primary N) is 4. The first-order valence-electron chi connectivity index (χ1n) is 45.8. The van der Waals surface area contributed by atoms with Crippen molar-refractivity contribution in [2.45, 2.75) is 233 Å². The molecule has 47 heteroatoms. The highest BCUT2D eigenvalue weighted by Gasteiger charge is 2.47. The van der Waals surface area contributed by atoms with E-state index in [-0.39, 0.29) is 89.5 Å². The van der Waals surface area contributed by atoms with Crippen LogP contribution in [0.4, 0.5) is 0 Å². The average molecular weight is 1960 g/mol. The summed E-state index contributed by atoms with van der Waals surface area (Å²) < 4.78 is 0. The number of amides is 17. The highest BCUT2D eigenvalue weighted by Crippen LogP contribution is 2.28. The standard InChI is InChI=1S/C91H126ClN25O20S/c1-7-9-22-69-83(130)106-60(21-15-33-99-91(96)97)79(126)112-68(78(125)102-44-74(95)120)46-138-47-75(121)104-65(35-50-25-27-53(92)28-26-50)86(133)113(4)49(3)77(124)110-67(40-73(94)119)89(136)116-34-16-24-70(116)84(131)109-64(38-54-43-98-48-103-54)82(129)107-62(29-30-76(122)123)88(135)117-45-55(118)39-72(117)85(132)108-63(36-51-41-100-58-19-13-11-17-56(51)58)81(128)105-61(31-32-93)80(127)111-66(37-52-42-101-59-20-14-12-18-57(52)59)87(134)115(6)71(23-10-8-2)90(137)114(69)5/h11-14,17-20,25-28,41-43,48-49,55,60-72,100-101,118H,7-10,15-16,21-24,29-40,44-47,93H2,1-6H3,(H2,94,119)(H2,95,120)(H,98,103)(H,102,125)(H,104,121)(H,105,128)(H,106,130)(H,107,129)(H,108,132)(H,109,131)(H,110,124)(H,111,127)(H,112,126)(H,122,123)(H4,96,97,99)/t49-,55+,60-,61?,62-,63-,64-,65-,66-,67-,68-,69-,70-,71-,72-/m0/s1. The number of aliphatic carboxylic acids is 1. The molecular weight excluding hydrogens is 1830 g/mol. The number of thioether (sulfide) groups is 1. The van der Waals surface area contributed by atoms with Crippen molar-refractivity contribution in [2.24, 2.45) is 22.9 Å². The highest BCUT2D eigenvalue weighted by molar-refractivity contribution is 8.00. The second-order valence-electron chi connectivity index (χ2n) is 34.6. The minimum absolute atomic E-state index is 0.00629. The molecule has 9 rings (SSSR count). The van der Waals surface area contributed by atoms with Crippen LogP contribution in [0.2, 0.25) is 5.02 Å². The second-order valence-corrected chi connectivity index (χ2v) is 36.1. The molecule has 3 saturated heterocycles. The number of carbonyl (C=O) groups excluding carboxylic acids is 17. The Morgan fingerprint density at radius 1 is 0.543 bits per heavy atom. The van der Waals surface area contributed by atoms with Crippen molar-refractivity contribution >= 4 is 158 Å². The molecule has 6 aromatic rings. The van der Waals surface area contributed by atoms with Crippen LogP contribution in [0.5, 0.6) is 0 Å². The fraction of sp³-hybridized carbons (Fsp3) is 0.516. The van der Waals surface area contributed by atoms with Gasteiger partial charge in [0.1, 0.15) is 84.6 Å². The summed E-state index contributed by atoms with van der Waals surface area (Å²) >= 11 is 7.02. The van der Waals surface area contributed by atoms with Crippen molar-refractivity contribution in [3.05, 3.63) is 125 Å². The van der Waals surface area contributed by atoms with E-state index in [4.69, 9.17) is 39.9 Å². The van der Waals surface area contributed by atoms with E-state index in [0.717, 1.165) is 36.3 Å². The van der Waals surface area contributed by atoms with Crippen LogP contribution in [0, 0.1) is 5.41 Å². The number of fused-ring (bicyclic) bond motifs is 4. The maximum absolute atomic E-state index is 15.9. The van der Waals surface area contributed by atoms with Gasteiger partial charge in [-0.05, 0) is 106 Å². The van der Waals surface area contributed by atoms with Gasteiger partial charge in [0, 0.05) is 136 Å². The molecule has 0 spiro atoms. The first-order valence-corrected chi connectivity index (χ1v) is 47.4. The Morgan fingerprint density at radius 3 is 1.68 bits per heavy atom. The largest absolute Gasteiger partial charge is 0.481 e. The van der Waals surface area contributed by atoms with Crippen LogP contribution >= 0.6 is 23.4 Å². The Kier molecular flexibility index (Phi) is 40.6. The quantitative estimate of drug-likeness (QED) is 0.0134. The molecule has 0 saturated carbocycles. The number of hydrogen-bond acceptors (Lipinski definition) is 23. The van der Waals surface area contributed by atoms with Crippen LogP contribution in [0.15, 0.2) is 97.7 Å². The molecule has 3 aromatic heterocycles. The number of benzene rings is 3. The molecule has 45 nitrogen and oxygen atoms in total. The van der Waals surface area contributed by atoms with Gasteiger partial charge in [-0.2, -0.15) is 0 Å². The predicted molar refractivity (Wildman–Crippen MR) is 507 cm³/mol. The SMILES string of the molecule is CCCC[C@H]1C(=O)N(C)[C@@H](CCCC)C(=O)N[C@@H](CCCNC(=N)N)C(=O)N[C@H](C(=O)NCC(N)=O)CSCC(=O)N[C@@H](Cc2ccc(Cl)cc2)C(=O)N(C)[C@@H](C)C(=O)N[C@@H](CC(N)=O)C(=O)N2CCC[C@H]2C(=O)N[C@@H](Cc2cnc[nH]2)C(=O)N[C@@H](CCC(=O)O)C(=O)N2C[C@H](O)C[C@H]2C(=O)N[C@@H](Cc2c[nH]c3ccccc23)C(=O)NC(CCN)C(=O)N[C@@H](Cc2c[nH]c3ccccc23)C(=O)N1C. The zero-order chi connectivity index (χ0) is 101. The number of halogens is 1. The molecule has 1 unspecified atom stereocenters. The molecule has 17 amide bonds. The van der Waals surface area contributed by atoms with E-state index in [9.17, 15) is 58.2 Å². The zero-order valence-electron chi connectivity index (χ0n) is 77.8. The number of aliphatic hydroxyl groups is 1. The van der Waals surface area contributed by atoms with Crippen LogP contribution < -0.4 is 81.4 Å². The van der Waals surface area contributed by atoms with Gasteiger partial charge in [-0.1, -0.05) is 99.7 Å². The summed E-state index contributed by atoms with van der Waals surface area (Å²) in [5.74, 6) is -19.3. The third kappa shape index (κ3) is 30.4. The minimum atomic E-state index is -1.84. The number of para-hydroxylation sites is 2. The number of imidazole rings is 1. The van der Waals surface area contributed by atoms with E-state index >= 15 is 38.4 Å². The van der Waals surface area contributed by atoms with Gasteiger partial charge in [-0.25, -0.2) is 4.98 Å². The summed E-state index contributed by atoms with van der Waals surface area (Å²) in [7, 11) is 3.92. The number of aliphatic hydroxyl groups excluding tert-OH is 1. The summed E-state index contributed by atoms with van der Waals surface area (Å²) in [5.41, 5.74) is 26.0. The van der Waals surface area contributed by atoms with Crippen molar-refractivity contribution in [3.63, 3.8) is 0 Å². The monoisotopic (exact) mass is 1960 g/mol. The lowest BCUT2D eigenvalue weighted by molar-refractivity contribution is -0.149. The fourth-order valence-corrected chi connectivity index (χ4v) is 17.8. The van der Waals surface area contributed by atoms with Gasteiger partial charge in [-0.15, -0.1) is 11.8 Å². The lowest BCUT2D eigenvalue weighted by atomic mass is 9.99. The molecule has 15 atom stereocenters. The summed E-state index contributed by atoms with van der Waals surface area (Å²) in [6.45, 7) is 3.19. The van der Waals surface area contributed by atoms with Gasteiger partial charge in [-0.3, -0.25) is 91.7 Å². The third-order valence-electron chi connectivity index (χ3n) is 24.5. The molecule has 0 bridgehead atoms. The van der Waals surface area contributed by atoms with Gasteiger partial charge in [0.05, 0.1) is 31.1 Å². The van der Waals surface area contributed by atoms with E-state index in [1.807, 2.05) is 13.8 Å². The average Bonchev–Trinajstić information content (AvgIpc) is 1.70. The number of likely N-dealkylation sites (N-methyl/N-ethyl adjacent to an activating group) is 3. The van der Waals surface area contributed by atoms with E-state index in [1.165, 1.54) is 52.7 Å². The molecular formula is C91H126ClN25O20S. The third-order valence-corrected chi connectivity index (χ3v) is 25.8. The number of unbranched alkanes of at least 4 members (excludes halogenated alkanes) is 2. The van der Waals surface area contributed by atoms with Gasteiger partial charge in [0.25, 0.3) is 0 Å². The number of aromatic nitrogens is 4. The van der Waals surface area contributed by atoms with E-state index in [0.29, 0.717) is 69.2 Å². The topological polar surface area (TPSA) is 684 Å². The van der Waals surface area contributed by atoms with Crippen LogP contribution in [0.25, 0.3) is 21.8 Å².